The monoisotopic (exact) mass is 443 g/mol. The number of carbonyl (C=O) groups is 2. The molecule has 1 saturated heterocycles. The van der Waals surface area contributed by atoms with Crippen LogP contribution in [-0.4, -0.2) is 69.3 Å². The lowest BCUT2D eigenvalue weighted by Crippen LogP contribution is -2.41. The maximum absolute atomic E-state index is 12.6. The van der Waals surface area contributed by atoms with Crippen molar-refractivity contribution < 1.29 is 19.1 Å². The summed E-state index contributed by atoms with van der Waals surface area (Å²) in [5.41, 5.74) is 4.14. The van der Waals surface area contributed by atoms with Crippen LogP contribution in [0.4, 0.5) is 0 Å². The Morgan fingerprint density at radius 3 is 2.72 bits per heavy atom. The second-order valence-corrected chi connectivity index (χ2v) is 8.66. The van der Waals surface area contributed by atoms with E-state index in [0.29, 0.717) is 55.8 Å². The van der Waals surface area contributed by atoms with E-state index in [0.717, 1.165) is 25.8 Å². The molecule has 0 aromatic carbocycles. The second-order valence-electron chi connectivity index (χ2n) is 8.66. The molecule has 1 heterocycles. The zero-order valence-corrected chi connectivity index (χ0v) is 19.7. The summed E-state index contributed by atoms with van der Waals surface area (Å²) in [5, 5.41) is 6.58. The van der Waals surface area contributed by atoms with Crippen LogP contribution in [0.3, 0.4) is 0 Å². The van der Waals surface area contributed by atoms with Gasteiger partial charge in [-0.3, -0.25) is 9.59 Å². The van der Waals surface area contributed by atoms with E-state index >= 15 is 0 Å². The van der Waals surface area contributed by atoms with Crippen molar-refractivity contribution >= 4 is 11.8 Å². The van der Waals surface area contributed by atoms with E-state index in [1.165, 1.54) is 25.5 Å². The highest BCUT2D eigenvalue weighted by atomic mass is 16.5. The smallest absolute Gasteiger partial charge is 0.250 e. The molecular weight excluding hydrogens is 406 g/mol. The first-order valence-electron chi connectivity index (χ1n) is 11.7. The van der Waals surface area contributed by atoms with E-state index in [2.05, 4.69) is 22.8 Å². The van der Waals surface area contributed by atoms with Crippen LogP contribution in [0.25, 0.3) is 0 Å². The highest BCUT2D eigenvalue weighted by Crippen LogP contribution is 2.33. The highest BCUT2D eigenvalue weighted by Gasteiger charge is 2.23. The molecule has 2 aliphatic carbocycles. The van der Waals surface area contributed by atoms with Crippen molar-refractivity contribution in [1.82, 2.24) is 15.5 Å². The van der Waals surface area contributed by atoms with Gasteiger partial charge in [-0.15, -0.1) is 0 Å². The molecule has 3 aliphatic rings. The molecule has 2 amide bonds. The van der Waals surface area contributed by atoms with Gasteiger partial charge >= 0.3 is 0 Å². The van der Waals surface area contributed by atoms with Crippen LogP contribution in [0.2, 0.25) is 0 Å². The van der Waals surface area contributed by atoms with E-state index in [-0.39, 0.29) is 11.8 Å². The zero-order chi connectivity index (χ0) is 22.9. The summed E-state index contributed by atoms with van der Waals surface area (Å²) < 4.78 is 10.7. The molecule has 32 heavy (non-hydrogen) atoms. The van der Waals surface area contributed by atoms with Gasteiger partial charge in [-0.1, -0.05) is 17.7 Å². The van der Waals surface area contributed by atoms with Crippen LogP contribution in [0, 0.1) is 0 Å². The molecule has 1 atom stereocenters. The molecule has 0 radical (unpaired) electrons. The van der Waals surface area contributed by atoms with Crippen LogP contribution in [0.5, 0.6) is 0 Å². The van der Waals surface area contributed by atoms with Crippen LogP contribution in [-0.2, 0) is 19.1 Å². The predicted molar refractivity (Wildman–Crippen MR) is 125 cm³/mol. The fraction of sp³-hybridized carbons (Fsp3) is 0.600. The number of ether oxygens (including phenoxy) is 2. The van der Waals surface area contributed by atoms with Crippen LogP contribution < -0.4 is 10.6 Å². The molecule has 0 spiro atoms. The van der Waals surface area contributed by atoms with Gasteiger partial charge in [-0.05, 0) is 64.1 Å². The largest absolute Gasteiger partial charge is 0.496 e. The van der Waals surface area contributed by atoms with Crippen LogP contribution in [0.1, 0.15) is 46.0 Å². The zero-order valence-electron chi connectivity index (χ0n) is 19.7. The summed E-state index contributed by atoms with van der Waals surface area (Å²) in [6.07, 6.45) is 11.7. The minimum atomic E-state index is -0.173. The van der Waals surface area contributed by atoms with Crippen molar-refractivity contribution in [3.05, 3.63) is 46.3 Å². The Balaban J connectivity index is 1.41. The van der Waals surface area contributed by atoms with E-state index < -0.39 is 0 Å². The molecular formula is C25H37N3O4. The van der Waals surface area contributed by atoms with Gasteiger partial charge in [0.2, 0.25) is 5.91 Å². The lowest BCUT2D eigenvalue weighted by Gasteiger charge is -2.27. The molecule has 0 aromatic rings. The second kappa shape index (κ2) is 12.0. The number of nitrogens with zero attached hydrogens (tertiary/aromatic N) is 1. The van der Waals surface area contributed by atoms with E-state index in [1.807, 2.05) is 0 Å². The number of methoxy groups -OCH3 is 1. The number of allylic oxidation sites excluding steroid dienone is 3. The van der Waals surface area contributed by atoms with Crippen LogP contribution >= 0.6 is 0 Å². The van der Waals surface area contributed by atoms with E-state index in [1.54, 1.807) is 30.4 Å². The fourth-order valence-corrected chi connectivity index (χ4v) is 4.42. The molecule has 0 saturated carbocycles. The van der Waals surface area contributed by atoms with Gasteiger partial charge in [0, 0.05) is 31.2 Å². The van der Waals surface area contributed by atoms with E-state index in [4.69, 9.17) is 9.47 Å². The molecule has 0 bridgehead atoms. The van der Waals surface area contributed by atoms with E-state index in [9.17, 15) is 9.59 Å². The Hall–Kier alpha value is -2.38. The Labute approximate surface area is 191 Å². The molecule has 0 aromatic heterocycles. The van der Waals surface area contributed by atoms with Crippen LogP contribution in [0.15, 0.2) is 46.3 Å². The number of amides is 2. The standard InChI is InChI=1S/C25H37N3O4/c1-18(25(30)28-11-13-32-14-12-28)15-23(31-3)19(2)24(29)27-10-6-9-26-22-16-20-7-4-5-8-21(20)17-22/h4,7,15,22,26H,5-6,8-14,16-17H2,1-3H3,(H,27,29)/b18-15+,23-19-. The SMILES string of the molecule is COC(/C=C(\C)C(=O)N1CCOCC1)=C(/C)C(=O)NCCCNC1CC2=C(CCC=C2)C1. The van der Waals surface area contributed by atoms with Crippen molar-refractivity contribution in [3.8, 4) is 0 Å². The van der Waals surface area contributed by atoms with Gasteiger partial charge < -0.3 is 25.0 Å². The summed E-state index contributed by atoms with van der Waals surface area (Å²) in [6.45, 7) is 7.21. The average Bonchev–Trinajstić information content (AvgIpc) is 3.24. The normalized spacial score (nSPS) is 21.9. The Morgan fingerprint density at radius 1 is 1.22 bits per heavy atom. The van der Waals surface area contributed by atoms with Gasteiger partial charge in [-0.25, -0.2) is 0 Å². The minimum Gasteiger partial charge on any atom is -0.496 e. The van der Waals surface area contributed by atoms with Gasteiger partial charge in [-0.2, -0.15) is 0 Å². The van der Waals surface area contributed by atoms with Crippen molar-refractivity contribution in [2.45, 2.75) is 52.0 Å². The summed E-state index contributed by atoms with van der Waals surface area (Å²) in [4.78, 5) is 26.9. The lowest BCUT2D eigenvalue weighted by atomic mass is 10.0. The molecule has 176 valence electrons. The average molecular weight is 444 g/mol. The molecule has 1 fully saturated rings. The minimum absolute atomic E-state index is 0.0549. The fourth-order valence-electron chi connectivity index (χ4n) is 4.42. The Morgan fingerprint density at radius 2 is 2.00 bits per heavy atom. The summed E-state index contributed by atoms with van der Waals surface area (Å²) >= 11 is 0. The predicted octanol–water partition coefficient (Wildman–Crippen LogP) is 2.62. The highest BCUT2D eigenvalue weighted by molar-refractivity contribution is 5.96. The number of rotatable bonds is 9. The Kier molecular flexibility index (Phi) is 9.11. The number of carbonyl (C=O) groups excluding carboxylic acids is 2. The maximum atomic E-state index is 12.6. The molecule has 7 heteroatoms. The number of hydrogen-bond donors (Lipinski definition) is 2. The topological polar surface area (TPSA) is 79.9 Å². The lowest BCUT2D eigenvalue weighted by molar-refractivity contribution is -0.131. The first-order valence-corrected chi connectivity index (χ1v) is 11.7. The van der Waals surface area contributed by atoms with Gasteiger partial charge in [0.25, 0.3) is 5.91 Å². The van der Waals surface area contributed by atoms with Crippen molar-refractivity contribution in [3.63, 3.8) is 0 Å². The Bertz CT molecular complexity index is 819. The summed E-state index contributed by atoms with van der Waals surface area (Å²) in [6, 6.07) is 0.525. The number of morpholine rings is 1. The van der Waals surface area contributed by atoms with Crippen molar-refractivity contribution in [2.24, 2.45) is 0 Å². The van der Waals surface area contributed by atoms with Crippen molar-refractivity contribution in [2.75, 3.05) is 46.5 Å². The summed E-state index contributed by atoms with van der Waals surface area (Å²) in [5.74, 6) is 0.184. The molecule has 2 N–H and O–H groups in total. The molecule has 3 rings (SSSR count). The quantitative estimate of drug-likeness (QED) is 0.248. The first-order chi connectivity index (χ1) is 15.5. The third-order valence-corrected chi connectivity index (χ3v) is 6.33. The van der Waals surface area contributed by atoms with Crippen molar-refractivity contribution in [1.29, 1.82) is 0 Å². The first kappa shape index (κ1) is 24.3. The van der Waals surface area contributed by atoms with Gasteiger partial charge in [0.05, 0.1) is 25.9 Å². The third kappa shape index (κ3) is 6.56. The van der Waals surface area contributed by atoms with Gasteiger partial charge in [0.15, 0.2) is 0 Å². The molecule has 1 aliphatic heterocycles. The van der Waals surface area contributed by atoms with Gasteiger partial charge in [0.1, 0.15) is 5.76 Å². The summed E-state index contributed by atoms with van der Waals surface area (Å²) in [7, 11) is 1.52. The molecule has 1 unspecified atom stereocenters. The number of nitrogens with one attached hydrogen (secondary N) is 2. The number of hydrogen-bond acceptors (Lipinski definition) is 5. The third-order valence-electron chi connectivity index (χ3n) is 6.33. The maximum Gasteiger partial charge on any atom is 0.250 e. The molecule has 7 nitrogen and oxygen atoms in total.